The molecule has 0 radical (unpaired) electrons. The number of fused-ring (bicyclic) bond motifs is 1. The van der Waals surface area contributed by atoms with Crippen molar-refractivity contribution in [1.29, 1.82) is 0 Å². The molecule has 0 atom stereocenters. The second kappa shape index (κ2) is 1.94. The highest BCUT2D eigenvalue weighted by Crippen LogP contribution is 1.69. The maximum absolute atomic E-state index is 4.65. The first-order chi connectivity index (χ1) is 4.97. The van der Waals surface area contributed by atoms with Gasteiger partial charge in [0.15, 0.2) is 11.6 Å². The average Bonchev–Trinajstić information content (AvgIpc) is 2.05. The van der Waals surface area contributed by atoms with E-state index in [1.807, 2.05) is 0 Å². The lowest BCUT2D eigenvalue weighted by Crippen LogP contribution is -2.35. The lowest BCUT2D eigenvalue weighted by atomic mass is 10.5. The van der Waals surface area contributed by atoms with Crippen molar-refractivity contribution < 1.29 is 4.84 Å². The number of hydrogen-bond acceptors (Lipinski definition) is 5. The second-order valence-corrected chi connectivity index (χ2v) is 1.74. The summed E-state index contributed by atoms with van der Waals surface area (Å²) in [5.74, 6) is 0. The fourth-order valence-electron chi connectivity index (χ4n) is 0.672. The number of nitrogens with zero attached hydrogens (tertiary/aromatic N) is 3. The van der Waals surface area contributed by atoms with Crippen molar-refractivity contribution >= 4 is 6.26 Å². The molecule has 1 N–H and O–H groups in total. The van der Waals surface area contributed by atoms with Gasteiger partial charge in [0.25, 0.3) is 0 Å². The van der Waals surface area contributed by atoms with Crippen molar-refractivity contribution in [2.24, 2.45) is 5.10 Å². The Bertz CT molecular complexity index is 312. The van der Waals surface area contributed by atoms with Crippen molar-refractivity contribution in [3.8, 4) is 0 Å². The standard InChI is InChI=1S/C5H4N4O/c1-2-6-7-5-3-10-9-8-4(1)5/h1-3,9H. The first kappa shape index (κ1) is 5.16. The number of hydrogen-bond donors (Lipinski definition) is 1. The Labute approximate surface area is 56.0 Å². The van der Waals surface area contributed by atoms with Crippen molar-refractivity contribution in [3.63, 3.8) is 0 Å². The molecule has 0 fully saturated rings. The van der Waals surface area contributed by atoms with Crippen LogP contribution in [0, 0.1) is 0 Å². The van der Waals surface area contributed by atoms with Crippen LogP contribution in [0.4, 0.5) is 0 Å². The molecule has 5 heteroatoms. The van der Waals surface area contributed by atoms with Gasteiger partial charge in [0, 0.05) is 0 Å². The van der Waals surface area contributed by atoms with Crippen LogP contribution in [-0.4, -0.2) is 10.2 Å². The van der Waals surface area contributed by atoms with Crippen LogP contribution in [0.25, 0.3) is 6.26 Å². The summed E-state index contributed by atoms with van der Waals surface area (Å²) in [6.45, 7) is 0. The molecule has 0 unspecified atom stereocenters. The van der Waals surface area contributed by atoms with E-state index in [0.29, 0.717) is 5.35 Å². The summed E-state index contributed by atoms with van der Waals surface area (Å²) in [5.41, 5.74) is 2.34. The Morgan fingerprint density at radius 2 is 2.50 bits per heavy atom. The summed E-state index contributed by atoms with van der Waals surface area (Å²) in [6, 6.07) is 1.74. The van der Waals surface area contributed by atoms with Gasteiger partial charge in [0.05, 0.1) is 6.20 Å². The average molecular weight is 136 g/mol. The van der Waals surface area contributed by atoms with E-state index in [0.717, 1.165) is 5.36 Å². The van der Waals surface area contributed by atoms with Gasteiger partial charge in [-0.1, -0.05) is 0 Å². The summed E-state index contributed by atoms with van der Waals surface area (Å²) in [5, 5.41) is 12.6. The Morgan fingerprint density at radius 3 is 3.40 bits per heavy atom. The molecule has 0 aliphatic carbocycles. The van der Waals surface area contributed by atoms with Crippen LogP contribution in [0.5, 0.6) is 0 Å². The molecular weight excluding hydrogens is 132 g/mol. The van der Waals surface area contributed by atoms with Crippen LogP contribution in [0.2, 0.25) is 0 Å². The van der Waals surface area contributed by atoms with Crippen LogP contribution in [0.1, 0.15) is 0 Å². The highest BCUT2D eigenvalue weighted by atomic mass is 16.7. The predicted molar refractivity (Wildman–Crippen MR) is 31.5 cm³/mol. The number of nitrogens with one attached hydrogen (secondary N) is 1. The molecule has 1 aliphatic heterocycles. The van der Waals surface area contributed by atoms with Gasteiger partial charge in [-0.3, -0.25) is 0 Å². The van der Waals surface area contributed by atoms with E-state index in [4.69, 9.17) is 0 Å². The molecular formula is C5H4N4O. The molecule has 1 aromatic heterocycles. The monoisotopic (exact) mass is 136 g/mol. The normalized spacial score (nSPS) is 13.2. The summed E-state index contributed by atoms with van der Waals surface area (Å²) in [7, 11) is 0. The Balaban J connectivity index is 2.84. The third kappa shape index (κ3) is 0.680. The largest absolute Gasteiger partial charge is 0.371 e. The van der Waals surface area contributed by atoms with Crippen LogP contribution in [0.3, 0.4) is 0 Å². The molecule has 0 saturated heterocycles. The van der Waals surface area contributed by atoms with Gasteiger partial charge in [-0.15, -0.1) is 15.8 Å². The Hall–Kier alpha value is -1.65. The summed E-state index contributed by atoms with van der Waals surface area (Å²) >= 11 is 0. The van der Waals surface area contributed by atoms with Crippen molar-refractivity contribution in [1.82, 2.24) is 15.8 Å². The van der Waals surface area contributed by atoms with Crippen LogP contribution in [-0.2, 0) is 4.84 Å². The lowest BCUT2D eigenvalue weighted by molar-refractivity contribution is 0.164. The Morgan fingerprint density at radius 1 is 1.50 bits per heavy atom. The molecule has 1 aliphatic rings. The number of aromatic nitrogens is 2. The van der Waals surface area contributed by atoms with Gasteiger partial charge < -0.3 is 4.84 Å². The molecule has 0 spiro atoms. The quantitative estimate of drug-likeness (QED) is 0.461. The van der Waals surface area contributed by atoms with Gasteiger partial charge in [0.2, 0.25) is 0 Å². The van der Waals surface area contributed by atoms with Gasteiger partial charge in [-0.25, -0.2) is 0 Å². The highest BCUT2D eigenvalue weighted by molar-refractivity contribution is 5.08. The van der Waals surface area contributed by atoms with Crippen LogP contribution in [0.15, 0.2) is 17.4 Å². The zero-order valence-electron chi connectivity index (χ0n) is 4.98. The van der Waals surface area contributed by atoms with E-state index in [1.165, 1.54) is 6.26 Å². The molecule has 10 heavy (non-hydrogen) atoms. The summed E-state index contributed by atoms with van der Waals surface area (Å²) < 4.78 is 0. The molecule has 2 rings (SSSR count). The fraction of sp³-hybridized carbons (Fsp3) is 0. The maximum atomic E-state index is 4.65. The van der Waals surface area contributed by atoms with E-state index in [2.05, 4.69) is 25.7 Å². The zero-order chi connectivity index (χ0) is 6.81. The molecule has 0 aromatic carbocycles. The molecule has 0 saturated carbocycles. The predicted octanol–water partition coefficient (Wildman–Crippen LogP) is -1.72. The van der Waals surface area contributed by atoms with Crippen LogP contribution >= 0.6 is 0 Å². The van der Waals surface area contributed by atoms with Gasteiger partial charge in [0.1, 0.15) is 5.36 Å². The molecule has 0 bridgehead atoms. The third-order valence-electron chi connectivity index (χ3n) is 1.12. The van der Waals surface area contributed by atoms with E-state index >= 15 is 0 Å². The second-order valence-electron chi connectivity index (χ2n) is 1.74. The topological polar surface area (TPSA) is 59.4 Å². The van der Waals surface area contributed by atoms with Crippen molar-refractivity contribution in [2.75, 3.05) is 0 Å². The van der Waals surface area contributed by atoms with Gasteiger partial charge in [-0.05, 0) is 6.07 Å². The molecule has 5 nitrogen and oxygen atoms in total. The summed E-state index contributed by atoms with van der Waals surface area (Å²) in [6.07, 6.45) is 3.03. The molecule has 0 amide bonds. The lowest BCUT2D eigenvalue weighted by Gasteiger charge is -1.99. The van der Waals surface area contributed by atoms with E-state index < -0.39 is 0 Å². The third-order valence-corrected chi connectivity index (χ3v) is 1.12. The SMILES string of the molecule is C1=c2nnccc2=NNO1. The minimum atomic E-state index is 0.640. The highest BCUT2D eigenvalue weighted by Gasteiger charge is 1.92. The summed E-state index contributed by atoms with van der Waals surface area (Å²) in [4.78, 5) is 4.65. The first-order valence-corrected chi connectivity index (χ1v) is 2.73. The number of rotatable bonds is 0. The minimum Gasteiger partial charge on any atom is -0.371 e. The van der Waals surface area contributed by atoms with Gasteiger partial charge >= 0.3 is 0 Å². The van der Waals surface area contributed by atoms with E-state index in [9.17, 15) is 0 Å². The van der Waals surface area contributed by atoms with Crippen molar-refractivity contribution in [3.05, 3.63) is 23.0 Å². The fourth-order valence-corrected chi connectivity index (χ4v) is 0.672. The molecule has 1 aromatic rings. The maximum Gasteiger partial charge on any atom is 0.151 e. The minimum absolute atomic E-state index is 0.640. The van der Waals surface area contributed by atoms with E-state index in [-0.39, 0.29) is 0 Å². The first-order valence-electron chi connectivity index (χ1n) is 2.73. The van der Waals surface area contributed by atoms with Crippen molar-refractivity contribution in [2.45, 2.75) is 0 Å². The molecule has 2 heterocycles. The van der Waals surface area contributed by atoms with Gasteiger partial charge in [-0.2, -0.15) is 5.10 Å². The molecule has 50 valence electrons. The zero-order valence-corrected chi connectivity index (χ0v) is 4.98. The smallest absolute Gasteiger partial charge is 0.151 e. The van der Waals surface area contributed by atoms with E-state index in [1.54, 1.807) is 12.3 Å². The van der Waals surface area contributed by atoms with Crippen LogP contribution < -0.4 is 16.3 Å². The Kier molecular flexibility index (Phi) is 1.00.